The number of carbonyl (C=O) groups is 1. The lowest BCUT2D eigenvalue weighted by molar-refractivity contribution is -0.367. The van der Waals surface area contributed by atoms with E-state index in [2.05, 4.69) is 10.3 Å². The number of halogens is 4. The van der Waals surface area contributed by atoms with Crippen LogP contribution in [0.2, 0.25) is 5.02 Å². The first-order chi connectivity index (χ1) is 13.3. The number of alkyl halides is 3. The van der Waals surface area contributed by atoms with Crippen LogP contribution in [0.5, 0.6) is 5.75 Å². The minimum atomic E-state index is -4.45. The highest BCUT2D eigenvalue weighted by atomic mass is 35.5. The van der Waals surface area contributed by atoms with Gasteiger partial charge in [0.2, 0.25) is 0 Å². The molecule has 1 aliphatic heterocycles. The molecule has 1 aromatic carbocycles. The first-order valence-electron chi connectivity index (χ1n) is 8.52. The van der Waals surface area contributed by atoms with Crippen LogP contribution in [0, 0.1) is 0 Å². The molecule has 150 valence electrons. The van der Waals surface area contributed by atoms with E-state index in [9.17, 15) is 18.0 Å². The SMILES string of the molecule is COc1ccc(Cl)cc1NC(=O)N1CCN(c2[nH+]cccc2C(F)(F)F)CC1. The molecule has 0 atom stereocenters. The summed E-state index contributed by atoms with van der Waals surface area (Å²) in [7, 11) is 1.48. The summed E-state index contributed by atoms with van der Waals surface area (Å²) in [6, 6.07) is 6.84. The molecular formula is C18H19ClF3N4O2+. The molecule has 2 amide bonds. The molecule has 3 rings (SSSR count). The monoisotopic (exact) mass is 415 g/mol. The van der Waals surface area contributed by atoms with Crippen LogP contribution >= 0.6 is 11.6 Å². The number of nitrogens with one attached hydrogen (secondary N) is 2. The summed E-state index contributed by atoms with van der Waals surface area (Å²) < 4.78 is 44.8. The van der Waals surface area contributed by atoms with Gasteiger partial charge in [0.05, 0.1) is 32.1 Å². The van der Waals surface area contributed by atoms with Gasteiger partial charge in [-0.3, -0.25) is 4.90 Å². The molecular weight excluding hydrogens is 397 g/mol. The molecule has 1 saturated heterocycles. The van der Waals surface area contributed by atoms with Crippen molar-refractivity contribution in [2.24, 2.45) is 0 Å². The zero-order valence-electron chi connectivity index (χ0n) is 15.0. The van der Waals surface area contributed by atoms with E-state index >= 15 is 0 Å². The minimum absolute atomic E-state index is 0.00608. The number of nitrogens with zero attached hydrogens (tertiary/aromatic N) is 2. The number of piperazine rings is 1. The Labute approximate surface area is 164 Å². The number of aromatic amines is 1. The van der Waals surface area contributed by atoms with Gasteiger partial charge in [-0.05, 0) is 30.3 Å². The van der Waals surface area contributed by atoms with Gasteiger partial charge in [-0.25, -0.2) is 9.78 Å². The lowest BCUT2D eigenvalue weighted by Gasteiger charge is -2.31. The van der Waals surface area contributed by atoms with Crippen LogP contribution in [-0.2, 0) is 6.18 Å². The summed E-state index contributed by atoms with van der Waals surface area (Å²) in [4.78, 5) is 18.3. The molecule has 10 heteroatoms. The number of methoxy groups -OCH3 is 1. The third-order valence-electron chi connectivity index (χ3n) is 4.43. The van der Waals surface area contributed by atoms with E-state index in [0.717, 1.165) is 6.07 Å². The molecule has 0 radical (unpaired) electrons. The maximum Gasteiger partial charge on any atom is 0.424 e. The van der Waals surface area contributed by atoms with Crippen LogP contribution in [0.3, 0.4) is 0 Å². The summed E-state index contributed by atoms with van der Waals surface area (Å²) >= 11 is 5.96. The fourth-order valence-electron chi connectivity index (χ4n) is 3.02. The van der Waals surface area contributed by atoms with Crippen molar-refractivity contribution >= 4 is 29.1 Å². The smallest absolute Gasteiger partial charge is 0.424 e. The Morgan fingerprint density at radius 1 is 1.21 bits per heavy atom. The number of hydrogen-bond acceptors (Lipinski definition) is 3. The predicted octanol–water partition coefficient (Wildman–Crippen LogP) is 3.54. The fourth-order valence-corrected chi connectivity index (χ4v) is 3.20. The van der Waals surface area contributed by atoms with Gasteiger partial charge in [0.15, 0.2) is 0 Å². The lowest BCUT2D eigenvalue weighted by Crippen LogP contribution is -2.51. The number of carbonyl (C=O) groups excluding carboxylic acids is 1. The number of rotatable bonds is 3. The fraction of sp³-hybridized carbons (Fsp3) is 0.333. The van der Waals surface area contributed by atoms with Gasteiger partial charge in [0.25, 0.3) is 5.82 Å². The second kappa shape index (κ2) is 8.14. The Hall–Kier alpha value is -2.68. The molecule has 2 N–H and O–H groups in total. The van der Waals surface area contributed by atoms with Gasteiger partial charge in [-0.15, -0.1) is 0 Å². The first kappa shape index (κ1) is 20.1. The molecule has 0 bridgehead atoms. The molecule has 0 saturated carbocycles. The predicted molar refractivity (Wildman–Crippen MR) is 98.8 cm³/mol. The second-order valence-corrected chi connectivity index (χ2v) is 6.62. The van der Waals surface area contributed by atoms with Crippen LogP contribution < -0.4 is 19.9 Å². The zero-order chi connectivity index (χ0) is 20.3. The number of H-pyrrole nitrogens is 1. The number of anilines is 2. The number of hydrogen-bond donors (Lipinski definition) is 1. The van der Waals surface area contributed by atoms with E-state index in [4.69, 9.17) is 16.3 Å². The Kier molecular flexibility index (Phi) is 5.83. The third-order valence-corrected chi connectivity index (χ3v) is 4.66. The zero-order valence-corrected chi connectivity index (χ0v) is 15.8. The van der Waals surface area contributed by atoms with E-state index in [1.165, 1.54) is 24.3 Å². The molecule has 0 spiro atoms. The molecule has 2 heterocycles. The largest absolute Gasteiger partial charge is 0.495 e. The van der Waals surface area contributed by atoms with Crippen molar-refractivity contribution in [2.45, 2.75) is 6.18 Å². The average molecular weight is 416 g/mol. The van der Waals surface area contributed by atoms with Crippen LogP contribution in [0.1, 0.15) is 5.56 Å². The van der Waals surface area contributed by atoms with E-state index in [-0.39, 0.29) is 38.0 Å². The van der Waals surface area contributed by atoms with Crippen molar-refractivity contribution in [3.05, 3.63) is 47.1 Å². The number of ether oxygens (including phenoxy) is 1. The Morgan fingerprint density at radius 3 is 2.57 bits per heavy atom. The van der Waals surface area contributed by atoms with Crippen molar-refractivity contribution in [3.63, 3.8) is 0 Å². The molecule has 2 aromatic rings. The Bertz CT molecular complexity index is 855. The van der Waals surface area contributed by atoms with E-state index < -0.39 is 11.7 Å². The molecule has 1 aromatic heterocycles. The first-order valence-corrected chi connectivity index (χ1v) is 8.89. The quantitative estimate of drug-likeness (QED) is 0.834. The normalized spacial score (nSPS) is 14.8. The molecule has 1 aliphatic rings. The van der Waals surface area contributed by atoms with Gasteiger partial charge in [-0.2, -0.15) is 13.2 Å². The molecule has 0 unspecified atom stereocenters. The molecule has 0 aliphatic carbocycles. The van der Waals surface area contributed by atoms with E-state index in [0.29, 0.717) is 16.5 Å². The average Bonchev–Trinajstić information content (AvgIpc) is 2.67. The van der Waals surface area contributed by atoms with Gasteiger partial charge in [0, 0.05) is 5.02 Å². The van der Waals surface area contributed by atoms with Crippen molar-refractivity contribution in [1.29, 1.82) is 0 Å². The standard InChI is InChI=1S/C18H18ClF3N4O2/c1-28-15-5-4-12(19)11-14(15)24-17(27)26-9-7-25(8-10-26)16-13(18(20,21)22)3-2-6-23-16/h2-6,11H,7-10H2,1H3,(H,24,27)/p+1. The van der Waals surface area contributed by atoms with Gasteiger partial charge in [0.1, 0.15) is 24.4 Å². The van der Waals surface area contributed by atoms with Crippen LogP contribution in [0.25, 0.3) is 0 Å². The summed E-state index contributed by atoms with van der Waals surface area (Å²) in [5.41, 5.74) is -0.297. The highest BCUT2D eigenvalue weighted by molar-refractivity contribution is 6.31. The third kappa shape index (κ3) is 4.41. The number of amides is 2. The van der Waals surface area contributed by atoms with Crippen molar-refractivity contribution in [1.82, 2.24) is 4.90 Å². The highest BCUT2D eigenvalue weighted by Crippen LogP contribution is 2.34. The maximum atomic E-state index is 13.2. The van der Waals surface area contributed by atoms with E-state index in [1.54, 1.807) is 23.1 Å². The maximum absolute atomic E-state index is 13.2. The van der Waals surface area contributed by atoms with Crippen LogP contribution in [0.15, 0.2) is 36.5 Å². The van der Waals surface area contributed by atoms with Gasteiger partial charge < -0.3 is 15.0 Å². The molecule has 1 fully saturated rings. The van der Waals surface area contributed by atoms with Gasteiger partial charge in [-0.1, -0.05) is 11.6 Å². The molecule has 6 nitrogen and oxygen atoms in total. The summed E-state index contributed by atoms with van der Waals surface area (Å²) in [6.45, 7) is 1.08. The summed E-state index contributed by atoms with van der Waals surface area (Å²) in [6.07, 6.45) is -3.00. The van der Waals surface area contributed by atoms with E-state index in [1.807, 2.05) is 0 Å². The minimum Gasteiger partial charge on any atom is -0.495 e. The van der Waals surface area contributed by atoms with Crippen molar-refractivity contribution < 1.29 is 27.7 Å². The summed E-state index contributed by atoms with van der Waals surface area (Å²) in [5.74, 6) is 0.469. The topological polar surface area (TPSA) is 59.0 Å². The lowest BCUT2D eigenvalue weighted by atomic mass is 10.2. The molecule has 28 heavy (non-hydrogen) atoms. The second-order valence-electron chi connectivity index (χ2n) is 6.18. The number of pyridine rings is 1. The van der Waals surface area contributed by atoms with Crippen molar-refractivity contribution in [2.75, 3.05) is 43.5 Å². The van der Waals surface area contributed by atoms with Crippen LogP contribution in [0.4, 0.5) is 29.5 Å². The number of benzene rings is 1. The Balaban J connectivity index is 1.66. The number of urea groups is 1. The van der Waals surface area contributed by atoms with Gasteiger partial charge >= 0.3 is 12.2 Å². The highest BCUT2D eigenvalue weighted by Gasteiger charge is 2.40. The van der Waals surface area contributed by atoms with Crippen LogP contribution in [-0.4, -0.2) is 44.2 Å². The van der Waals surface area contributed by atoms with Crippen molar-refractivity contribution in [3.8, 4) is 5.75 Å². The summed E-state index contributed by atoms with van der Waals surface area (Å²) in [5, 5.41) is 3.18. The number of aromatic nitrogens is 1. The Morgan fingerprint density at radius 2 is 1.93 bits per heavy atom.